The van der Waals surface area contributed by atoms with Gasteiger partial charge >= 0.3 is 0 Å². The van der Waals surface area contributed by atoms with Crippen molar-refractivity contribution in [1.82, 2.24) is 0 Å². The van der Waals surface area contributed by atoms with Gasteiger partial charge in [-0.05, 0) is 31.9 Å². The van der Waals surface area contributed by atoms with Crippen molar-refractivity contribution in [3.63, 3.8) is 0 Å². The Hall–Kier alpha value is -0.980. The zero-order chi connectivity index (χ0) is 9.80. The normalized spacial score (nSPS) is 17.9. The molecule has 2 rings (SSSR count). The van der Waals surface area contributed by atoms with E-state index in [-0.39, 0.29) is 0 Å². The maximum atomic E-state index is 2.52. The fourth-order valence-corrected chi connectivity index (χ4v) is 2.08. The summed E-state index contributed by atoms with van der Waals surface area (Å²) in [6.07, 6.45) is 5.52. The molecule has 1 heterocycles. The maximum absolute atomic E-state index is 2.52. The minimum absolute atomic E-state index is 1.24. The molecule has 14 heavy (non-hydrogen) atoms. The fraction of sp³-hybridized carbons (Fsp3) is 0.538. The van der Waals surface area contributed by atoms with E-state index in [0.717, 1.165) is 0 Å². The van der Waals surface area contributed by atoms with Crippen LogP contribution in [-0.4, -0.2) is 13.1 Å². The first-order chi connectivity index (χ1) is 6.86. The van der Waals surface area contributed by atoms with Crippen LogP contribution < -0.4 is 4.90 Å². The lowest BCUT2D eigenvalue weighted by Crippen LogP contribution is -2.23. The Labute approximate surface area is 86.7 Å². The average molecular weight is 189 g/mol. The summed E-state index contributed by atoms with van der Waals surface area (Å²) >= 11 is 0. The first-order valence-corrected chi connectivity index (χ1v) is 5.68. The van der Waals surface area contributed by atoms with E-state index in [2.05, 4.69) is 36.1 Å². The molecule has 1 nitrogen and oxygen atoms in total. The SMILES string of the molecule is Cc1ccc(N2CCCCCC2)cc1. The van der Waals surface area contributed by atoms with Crippen molar-refractivity contribution < 1.29 is 0 Å². The number of nitrogens with zero attached hydrogens (tertiary/aromatic N) is 1. The van der Waals surface area contributed by atoms with Crippen molar-refractivity contribution >= 4 is 5.69 Å². The summed E-state index contributed by atoms with van der Waals surface area (Å²) in [5.74, 6) is 0. The van der Waals surface area contributed by atoms with Gasteiger partial charge in [-0.1, -0.05) is 30.5 Å². The molecule has 0 spiro atoms. The van der Waals surface area contributed by atoms with E-state index < -0.39 is 0 Å². The molecule has 1 heteroatoms. The van der Waals surface area contributed by atoms with Gasteiger partial charge in [0.2, 0.25) is 0 Å². The van der Waals surface area contributed by atoms with Gasteiger partial charge in [-0.2, -0.15) is 0 Å². The van der Waals surface area contributed by atoms with Gasteiger partial charge in [-0.15, -0.1) is 0 Å². The Balaban J connectivity index is 2.08. The van der Waals surface area contributed by atoms with Crippen LogP contribution in [0, 0.1) is 6.92 Å². The minimum atomic E-state index is 1.24. The van der Waals surface area contributed by atoms with Crippen LogP contribution in [-0.2, 0) is 0 Å². The lowest BCUT2D eigenvalue weighted by atomic mass is 10.2. The second-order valence-electron chi connectivity index (χ2n) is 4.24. The highest BCUT2D eigenvalue weighted by atomic mass is 15.1. The van der Waals surface area contributed by atoms with Crippen LogP contribution in [0.3, 0.4) is 0 Å². The molecule has 1 aliphatic heterocycles. The predicted molar refractivity (Wildman–Crippen MR) is 61.9 cm³/mol. The standard InChI is InChI=1S/C13H19N/c1-12-6-8-13(9-7-12)14-10-4-2-3-5-11-14/h6-9H,2-5,10-11H2,1H3. The largest absolute Gasteiger partial charge is 0.372 e. The lowest BCUT2D eigenvalue weighted by molar-refractivity contribution is 0.726. The van der Waals surface area contributed by atoms with Crippen LogP contribution >= 0.6 is 0 Å². The summed E-state index contributed by atoms with van der Waals surface area (Å²) < 4.78 is 0. The van der Waals surface area contributed by atoms with Crippen LogP contribution in [0.5, 0.6) is 0 Å². The average Bonchev–Trinajstić information content (AvgIpc) is 2.47. The first kappa shape index (κ1) is 9.57. The van der Waals surface area contributed by atoms with Crippen molar-refractivity contribution in [2.45, 2.75) is 32.6 Å². The predicted octanol–water partition coefficient (Wildman–Crippen LogP) is 3.38. The van der Waals surface area contributed by atoms with E-state index in [1.165, 1.54) is 50.0 Å². The van der Waals surface area contributed by atoms with Crippen molar-refractivity contribution in [3.8, 4) is 0 Å². The second kappa shape index (κ2) is 4.50. The molecule has 0 atom stereocenters. The molecule has 1 aromatic carbocycles. The fourth-order valence-electron chi connectivity index (χ4n) is 2.08. The van der Waals surface area contributed by atoms with Crippen molar-refractivity contribution in [2.24, 2.45) is 0 Å². The Morgan fingerprint density at radius 3 is 2.00 bits per heavy atom. The third-order valence-electron chi connectivity index (χ3n) is 3.01. The summed E-state index contributed by atoms with van der Waals surface area (Å²) in [6.45, 7) is 4.62. The summed E-state index contributed by atoms with van der Waals surface area (Å²) in [4.78, 5) is 2.52. The van der Waals surface area contributed by atoms with Crippen molar-refractivity contribution in [3.05, 3.63) is 29.8 Å². The van der Waals surface area contributed by atoms with Gasteiger partial charge < -0.3 is 4.90 Å². The molecule has 76 valence electrons. The Morgan fingerprint density at radius 2 is 1.43 bits per heavy atom. The molecule has 0 unspecified atom stereocenters. The van der Waals surface area contributed by atoms with Crippen LogP contribution in [0.1, 0.15) is 31.2 Å². The van der Waals surface area contributed by atoms with Gasteiger partial charge in [-0.25, -0.2) is 0 Å². The molecule has 1 aliphatic rings. The topological polar surface area (TPSA) is 3.24 Å². The minimum Gasteiger partial charge on any atom is -0.372 e. The first-order valence-electron chi connectivity index (χ1n) is 5.68. The molecule has 1 saturated heterocycles. The molecule has 0 aliphatic carbocycles. The van der Waals surface area contributed by atoms with Gasteiger partial charge in [0.1, 0.15) is 0 Å². The molecular weight excluding hydrogens is 170 g/mol. The van der Waals surface area contributed by atoms with Gasteiger partial charge in [0.05, 0.1) is 0 Å². The highest BCUT2D eigenvalue weighted by molar-refractivity contribution is 5.47. The van der Waals surface area contributed by atoms with Crippen molar-refractivity contribution in [2.75, 3.05) is 18.0 Å². The molecule has 1 aromatic rings. The van der Waals surface area contributed by atoms with E-state index in [4.69, 9.17) is 0 Å². The molecule has 0 saturated carbocycles. The third kappa shape index (κ3) is 2.28. The van der Waals surface area contributed by atoms with E-state index in [0.29, 0.717) is 0 Å². The Kier molecular flexibility index (Phi) is 3.07. The number of anilines is 1. The Morgan fingerprint density at radius 1 is 0.857 bits per heavy atom. The molecule has 0 bridgehead atoms. The smallest absolute Gasteiger partial charge is 0.0366 e. The van der Waals surface area contributed by atoms with E-state index in [1.54, 1.807) is 0 Å². The van der Waals surface area contributed by atoms with Gasteiger partial charge in [0.25, 0.3) is 0 Å². The summed E-state index contributed by atoms with van der Waals surface area (Å²) in [7, 11) is 0. The molecule has 0 N–H and O–H groups in total. The van der Waals surface area contributed by atoms with Gasteiger partial charge in [0.15, 0.2) is 0 Å². The highest BCUT2D eigenvalue weighted by Crippen LogP contribution is 2.19. The lowest BCUT2D eigenvalue weighted by Gasteiger charge is -2.22. The molecule has 1 fully saturated rings. The van der Waals surface area contributed by atoms with Gasteiger partial charge in [0, 0.05) is 18.8 Å². The molecule has 0 aromatic heterocycles. The van der Waals surface area contributed by atoms with E-state index in [1.807, 2.05) is 0 Å². The maximum Gasteiger partial charge on any atom is 0.0366 e. The number of rotatable bonds is 1. The second-order valence-corrected chi connectivity index (χ2v) is 4.24. The summed E-state index contributed by atoms with van der Waals surface area (Å²) in [5.41, 5.74) is 2.75. The van der Waals surface area contributed by atoms with Gasteiger partial charge in [-0.3, -0.25) is 0 Å². The number of hydrogen-bond acceptors (Lipinski definition) is 1. The molecular formula is C13H19N. The van der Waals surface area contributed by atoms with Crippen LogP contribution in [0.4, 0.5) is 5.69 Å². The monoisotopic (exact) mass is 189 g/mol. The van der Waals surface area contributed by atoms with E-state index >= 15 is 0 Å². The molecule has 0 radical (unpaired) electrons. The number of aryl methyl sites for hydroxylation is 1. The number of benzene rings is 1. The third-order valence-corrected chi connectivity index (χ3v) is 3.01. The van der Waals surface area contributed by atoms with Crippen LogP contribution in [0.2, 0.25) is 0 Å². The van der Waals surface area contributed by atoms with E-state index in [9.17, 15) is 0 Å². The quantitative estimate of drug-likeness (QED) is 0.654. The zero-order valence-corrected chi connectivity index (χ0v) is 9.00. The summed E-state index contributed by atoms with van der Waals surface area (Å²) in [6, 6.07) is 8.92. The molecule has 0 amide bonds. The number of hydrogen-bond donors (Lipinski definition) is 0. The summed E-state index contributed by atoms with van der Waals surface area (Å²) in [5, 5.41) is 0. The van der Waals surface area contributed by atoms with Crippen LogP contribution in [0.25, 0.3) is 0 Å². The van der Waals surface area contributed by atoms with Crippen LogP contribution in [0.15, 0.2) is 24.3 Å². The zero-order valence-electron chi connectivity index (χ0n) is 9.00. The highest BCUT2D eigenvalue weighted by Gasteiger charge is 2.08. The van der Waals surface area contributed by atoms with Crippen molar-refractivity contribution in [1.29, 1.82) is 0 Å². The Bertz CT molecular complexity index is 268.